The van der Waals surface area contributed by atoms with Gasteiger partial charge in [-0.25, -0.2) is 0 Å². The minimum atomic E-state index is -0.719. The number of nitrogens with one attached hydrogen (secondary N) is 1. The van der Waals surface area contributed by atoms with Crippen LogP contribution in [0.25, 0.3) is 0 Å². The number of primary amides is 1. The molecular weight excluding hydrogens is 270 g/mol. The topological polar surface area (TPSA) is 95.7 Å². The smallest absolute Gasteiger partial charge is 0.245 e. The molecule has 3 rings (SSSR count). The lowest BCUT2D eigenvalue weighted by Crippen LogP contribution is -2.49. The molecule has 3 atom stereocenters. The third-order valence-corrected chi connectivity index (χ3v) is 4.25. The van der Waals surface area contributed by atoms with Gasteiger partial charge in [0.05, 0.1) is 6.10 Å². The summed E-state index contributed by atoms with van der Waals surface area (Å²) in [7, 11) is 0. The maximum absolute atomic E-state index is 12.8. The quantitative estimate of drug-likeness (QED) is 0.672. The highest BCUT2D eigenvalue weighted by molar-refractivity contribution is 5.90. The summed E-state index contributed by atoms with van der Waals surface area (Å²) in [5.74, 6) is -0.758. The Morgan fingerprint density at radius 1 is 1.33 bits per heavy atom. The van der Waals surface area contributed by atoms with E-state index in [0.29, 0.717) is 6.54 Å². The predicted octanol–water partition coefficient (Wildman–Crippen LogP) is -0.679. The number of aliphatic hydroxyl groups is 1. The first-order valence-electron chi connectivity index (χ1n) is 7.17. The van der Waals surface area contributed by atoms with Gasteiger partial charge in [-0.15, -0.1) is 0 Å². The third kappa shape index (κ3) is 2.52. The number of fused-ring (bicyclic) bond motifs is 1. The largest absolute Gasteiger partial charge is 0.391 e. The number of rotatable bonds is 2. The number of carbonyl (C=O) groups excluding carboxylic acids is 2. The number of aliphatic hydroxyl groups excluding tert-OH is 1. The molecule has 1 aromatic carbocycles. The fourth-order valence-electron chi connectivity index (χ4n) is 3.22. The molecule has 4 N–H and O–H groups in total. The molecule has 6 heteroatoms. The van der Waals surface area contributed by atoms with Crippen molar-refractivity contribution in [1.29, 1.82) is 0 Å². The number of hydrogen-bond donors (Lipinski definition) is 3. The summed E-state index contributed by atoms with van der Waals surface area (Å²) in [6.07, 6.45) is 0.405. The molecule has 1 fully saturated rings. The highest BCUT2D eigenvalue weighted by Crippen LogP contribution is 2.28. The minimum absolute atomic E-state index is 0.160. The van der Waals surface area contributed by atoms with Gasteiger partial charge >= 0.3 is 0 Å². The van der Waals surface area contributed by atoms with Crippen LogP contribution in [-0.2, 0) is 16.0 Å². The third-order valence-electron chi connectivity index (χ3n) is 4.25. The van der Waals surface area contributed by atoms with Crippen LogP contribution in [0.1, 0.15) is 23.6 Å². The highest BCUT2D eigenvalue weighted by atomic mass is 16.3. The molecule has 3 unspecified atom stereocenters. The SMILES string of the molecule is NC(=O)C1CC(O)CN1C(=O)C1NCCc2ccccc21. The van der Waals surface area contributed by atoms with E-state index < -0.39 is 24.1 Å². The van der Waals surface area contributed by atoms with Gasteiger partial charge in [-0.1, -0.05) is 24.3 Å². The lowest BCUT2D eigenvalue weighted by atomic mass is 9.93. The standard InChI is InChI=1S/C15H19N3O3/c16-14(20)12-7-10(19)8-18(12)15(21)13-11-4-2-1-3-9(11)5-6-17-13/h1-4,10,12-13,17,19H,5-8H2,(H2,16,20). The second kappa shape index (κ2) is 5.46. The second-order valence-corrected chi connectivity index (χ2v) is 5.63. The Balaban J connectivity index is 1.87. The minimum Gasteiger partial charge on any atom is -0.391 e. The molecule has 21 heavy (non-hydrogen) atoms. The molecule has 0 spiro atoms. The summed E-state index contributed by atoms with van der Waals surface area (Å²) in [6.45, 7) is 0.873. The van der Waals surface area contributed by atoms with Crippen LogP contribution in [0.4, 0.5) is 0 Å². The van der Waals surface area contributed by atoms with Crippen LogP contribution in [0, 0.1) is 0 Å². The number of nitrogens with two attached hydrogens (primary N) is 1. The van der Waals surface area contributed by atoms with E-state index in [4.69, 9.17) is 5.73 Å². The first kappa shape index (κ1) is 14.0. The maximum atomic E-state index is 12.8. The molecule has 2 aliphatic rings. The van der Waals surface area contributed by atoms with Crippen molar-refractivity contribution in [2.75, 3.05) is 13.1 Å². The molecule has 112 valence electrons. The number of amides is 2. The zero-order valence-electron chi connectivity index (χ0n) is 11.7. The highest BCUT2D eigenvalue weighted by Gasteiger charge is 2.41. The molecule has 0 aliphatic carbocycles. The van der Waals surface area contributed by atoms with E-state index in [0.717, 1.165) is 17.5 Å². The van der Waals surface area contributed by atoms with Gasteiger partial charge in [0.15, 0.2) is 0 Å². The van der Waals surface area contributed by atoms with E-state index in [9.17, 15) is 14.7 Å². The number of hydrogen-bond acceptors (Lipinski definition) is 4. The van der Waals surface area contributed by atoms with Gasteiger partial charge in [0.25, 0.3) is 0 Å². The van der Waals surface area contributed by atoms with Crippen molar-refractivity contribution in [3.63, 3.8) is 0 Å². The molecule has 2 amide bonds. The van der Waals surface area contributed by atoms with Crippen molar-refractivity contribution >= 4 is 11.8 Å². The molecule has 1 saturated heterocycles. The van der Waals surface area contributed by atoms with Crippen LogP contribution in [0.3, 0.4) is 0 Å². The van der Waals surface area contributed by atoms with E-state index in [2.05, 4.69) is 5.32 Å². The van der Waals surface area contributed by atoms with Crippen molar-refractivity contribution < 1.29 is 14.7 Å². The van der Waals surface area contributed by atoms with Gasteiger partial charge < -0.3 is 21.1 Å². The van der Waals surface area contributed by atoms with E-state index >= 15 is 0 Å². The molecule has 6 nitrogen and oxygen atoms in total. The molecule has 2 aliphatic heterocycles. The van der Waals surface area contributed by atoms with Crippen molar-refractivity contribution in [2.24, 2.45) is 5.73 Å². The molecule has 0 aromatic heterocycles. The number of benzene rings is 1. The fourth-order valence-corrected chi connectivity index (χ4v) is 3.22. The summed E-state index contributed by atoms with van der Waals surface area (Å²) < 4.78 is 0. The second-order valence-electron chi connectivity index (χ2n) is 5.63. The van der Waals surface area contributed by atoms with Crippen LogP contribution in [-0.4, -0.2) is 47.1 Å². The number of nitrogens with zero attached hydrogens (tertiary/aromatic N) is 1. The van der Waals surface area contributed by atoms with E-state index in [1.165, 1.54) is 4.90 Å². The van der Waals surface area contributed by atoms with Gasteiger partial charge in [-0.05, 0) is 17.5 Å². The molecule has 0 radical (unpaired) electrons. The summed E-state index contributed by atoms with van der Waals surface area (Å²) in [4.78, 5) is 25.7. The van der Waals surface area contributed by atoms with Crippen LogP contribution < -0.4 is 11.1 Å². The zero-order valence-corrected chi connectivity index (χ0v) is 11.7. The lowest BCUT2D eigenvalue weighted by molar-refractivity contribution is -0.139. The monoisotopic (exact) mass is 289 g/mol. The van der Waals surface area contributed by atoms with Crippen molar-refractivity contribution in [2.45, 2.75) is 31.0 Å². The van der Waals surface area contributed by atoms with Crippen molar-refractivity contribution in [3.05, 3.63) is 35.4 Å². The van der Waals surface area contributed by atoms with Gasteiger partial charge in [0, 0.05) is 19.5 Å². The Kier molecular flexibility index (Phi) is 3.65. The maximum Gasteiger partial charge on any atom is 0.245 e. The van der Waals surface area contributed by atoms with Crippen molar-refractivity contribution in [3.8, 4) is 0 Å². The Hall–Kier alpha value is -1.92. The van der Waals surface area contributed by atoms with Gasteiger partial charge in [-0.2, -0.15) is 0 Å². The van der Waals surface area contributed by atoms with Crippen LogP contribution >= 0.6 is 0 Å². The van der Waals surface area contributed by atoms with E-state index in [-0.39, 0.29) is 18.9 Å². The molecule has 1 aromatic rings. The zero-order chi connectivity index (χ0) is 15.0. The Bertz CT molecular complexity index is 575. The first-order valence-corrected chi connectivity index (χ1v) is 7.17. The van der Waals surface area contributed by atoms with Gasteiger partial charge in [0.1, 0.15) is 12.1 Å². The average Bonchev–Trinajstić information content (AvgIpc) is 2.88. The summed E-state index contributed by atoms with van der Waals surface area (Å²) in [5.41, 5.74) is 7.43. The molecule has 0 bridgehead atoms. The summed E-state index contributed by atoms with van der Waals surface area (Å²) >= 11 is 0. The van der Waals surface area contributed by atoms with Crippen LogP contribution in [0.2, 0.25) is 0 Å². The lowest BCUT2D eigenvalue weighted by Gasteiger charge is -2.31. The molecule has 2 heterocycles. The molecular formula is C15H19N3O3. The fraction of sp³-hybridized carbons (Fsp3) is 0.467. The normalized spacial score (nSPS) is 28.2. The number of carbonyl (C=O) groups is 2. The predicted molar refractivity (Wildman–Crippen MR) is 76.2 cm³/mol. The van der Waals surface area contributed by atoms with Gasteiger partial charge in [0.2, 0.25) is 11.8 Å². The van der Waals surface area contributed by atoms with Crippen LogP contribution in [0.5, 0.6) is 0 Å². The van der Waals surface area contributed by atoms with Gasteiger partial charge in [-0.3, -0.25) is 9.59 Å². The van der Waals surface area contributed by atoms with Crippen molar-refractivity contribution in [1.82, 2.24) is 10.2 Å². The Morgan fingerprint density at radius 3 is 2.86 bits per heavy atom. The van der Waals surface area contributed by atoms with E-state index in [1.54, 1.807) is 0 Å². The number of likely N-dealkylation sites (tertiary alicyclic amines) is 1. The summed E-state index contributed by atoms with van der Waals surface area (Å²) in [6, 6.07) is 6.61. The molecule has 0 saturated carbocycles. The van der Waals surface area contributed by atoms with E-state index in [1.807, 2.05) is 24.3 Å². The average molecular weight is 289 g/mol. The number of β-amino-alcohol motifs (C(OH)–C–C–N with tert-alkyl or cyclic N) is 1. The Labute approximate surface area is 122 Å². The summed E-state index contributed by atoms with van der Waals surface area (Å²) in [5, 5.41) is 12.9. The Morgan fingerprint density at radius 2 is 2.10 bits per heavy atom. The van der Waals surface area contributed by atoms with Crippen LogP contribution in [0.15, 0.2) is 24.3 Å². The first-order chi connectivity index (χ1) is 10.1.